The van der Waals surface area contributed by atoms with Crippen LogP contribution < -0.4 is 15.4 Å². The molecule has 2 N–H and O–H groups in total. The minimum Gasteiger partial charge on any atom is -0.497 e. The van der Waals surface area contributed by atoms with Gasteiger partial charge in [-0.2, -0.15) is 0 Å². The van der Waals surface area contributed by atoms with Crippen LogP contribution in [0.5, 0.6) is 5.75 Å². The molecule has 2 aromatic rings. The van der Waals surface area contributed by atoms with Gasteiger partial charge in [-0.3, -0.25) is 14.5 Å². The molecule has 0 unspecified atom stereocenters. The lowest BCUT2D eigenvalue weighted by Gasteiger charge is -2.18. The van der Waals surface area contributed by atoms with Crippen LogP contribution in [0.25, 0.3) is 0 Å². The second-order valence-corrected chi connectivity index (χ2v) is 6.89. The number of carbonyl (C=O) groups is 2. The van der Waals surface area contributed by atoms with Gasteiger partial charge >= 0.3 is 0 Å². The Bertz CT molecular complexity index is 790. The largest absolute Gasteiger partial charge is 0.497 e. The van der Waals surface area contributed by atoms with E-state index >= 15 is 0 Å². The van der Waals surface area contributed by atoms with Gasteiger partial charge in [-0.25, -0.2) is 0 Å². The van der Waals surface area contributed by atoms with Gasteiger partial charge in [0.25, 0.3) is 0 Å². The van der Waals surface area contributed by atoms with Crippen molar-refractivity contribution in [1.82, 2.24) is 4.90 Å². The smallest absolute Gasteiger partial charge is 0.238 e. The van der Waals surface area contributed by atoms with E-state index in [1.54, 1.807) is 43.3 Å². The van der Waals surface area contributed by atoms with Crippen molar-refractivity contribution in [3.8, 4) is 5.75 Å². The molecule has 0 aromatic heterocycles. The minimum atomic E-state index is -0.180. The molecule has 1 atom stereocenters. The highest BCUT2D eigenvalue weighted by molar-refractivity contribution is 5.95. The van der Waals surface area contributed by atoms with E-state index in [0.29, 0.717) is 11.6 Å². The SMILES string of the molecule is CC[C@@H](C)c1ccccc1NC(=O)CN(C)CC(=O)Nc1ccc(OC)cc1. The summed E-state index contributed by atoms with van der Waals surface area (Å²) in [6, 6.07) is 14.9. The average molecular weight is 383 g/mol. The number of ether oxygens (including phenoxy) is 1. The van der Waals surface area contributed by atoms with Gasteiger partial charge in [0.2, 0.25) is 11.8 Å². The van der Waals surface area contributed by atoms with E-state index in [2.05, 4.69) is 24.5 Å². The van der Waals surface area contributed by atoms with Crippen LogP contribution in [0.4, 0.5) is 11.4 Å². The zero-order valence-corrected chi connectivity index (χ0v) is 17.0. The van der Waals surface area contributed by atoms with Crippen LogP contribution in [-0.4, -0.2) is 44.0 Å². The van der Waals surface area contributed by atoms with Gasteiger partial charge in [-0.05, 0) is 55.3 Å². The van der Waals surface area contributed by atoms with E-state index in [9.17, 15) is 9.59 Å². The van der Waals surface area contributed by atoms with Gasteiger partial charge in [-0.1, -0.05) is 32.0 Å². The van der Waals surface area contributed by atoms with E-state index in [0.717, 1.165) is 23.4 Å². The number of hydrogen-bond donors (Lipinski definition) is 2. The molecule has 0 aliphatic carbocycles. The number of anilines is 2. The summed E-state index contributed by atoms with van der Waals surface area (Å²) in [4.78, 5) is 26.3. The Morgan fingerprint density at radius 2 is 1.61 bits per heavy atom. The highest BCUT2D eigenvalue weighted by Crippen LogP contribution is 2.26. The van der Waals surface area contributed by atoms with Crippen molar-refractivity contribution >= 4 is 23.2 Å². The van der Waals surface area contributed by atoms with Crippen LogP contribution >= 0.6 is 0 Å². The lowest BCUT2D eigenvalue weighted by atomic mass is 9.97. The number of benzene rings is 2. The molecule has 0 aliphatic heterocycles. The summed E-state index contributed by atoms with van der Waals surface area (Å²) >= 11 is 0. The molecule has 2 aromatic carbocycles. The van der Waals surface area contributed by atoms with E-state index in [1.165, 1.54) is 0 Å². The summed E-state index contributed by atoms with van der Waals surface area (Å²) in [5.41, 5.74) is 2.64. The molecule has 28 heavy (non-hydrogen) atoms. The van der Waals surface area contributed by atoms with E-state index in [1.807, 2.05) is 24.3 Å². The maximum absolute atomic E-state index is 12.4. The molecule has 6 nitrogen and oxygen atoms in total. The van der Waals surface area contributed by atoms with E-state index in [-0.39, 0.29) is 24.9 Å². The van der Waals surface area contributed by atoms with Crippen molar-refractivity contribution in [2.45, 2.75) is 26.2 Å². The molecule has 0 fully saturated rings. The van der Waals surface area contributed by atoms with Crippen LogP contribution in [0.3, 0.4) is 0 Å². The highest BCUT2D eigenvalue weighted by Gasteiger charge is 2.14. The Balaban J connectivity index is 1.86. The van der Waals surface area contributed by atoms with Crippen LogP contribution in [-0.2, 0) is 9.59 Å². The fourth-order valence-corrected chi connectivity index (χ4v) is 2.87. The number of nitrogens with one attached hydrogen (secondary N) is 2. The molecule has 150 valence electrons. The quantitative estimate of drug-likeness (QED) is 0.692. The molecule has 2 amide bonds. The van der Waals surface area contributed by atoms with Crippen LogP contribution in [0, 0.1) is 0 Å². The van der Waals surface area contributed by atoms with Gasteiger partial charge in [-0.15, -0.1) is 0 Å². The van der Waals surface area contributed by atoms with Crippen LogP contribution in [0.15, 0.2) is 48.5 Å². The Morgan fingerprint density at radius 3 is 2.21 bits per heavy atom. The Hall–Kier alpha value is -2.86. The molecule has 0 radical (unpaired) electrons. The number of amides is 2. The van der Waals surface area contributed by atoms with E-state index in [4.69, 9.17) is 4.74 Å². The maximum Gasteiger partial charge on any atom is 0.238 e. The van der Waals surface area contributed by atoms with Crippen molar-refractivity contribution in [3.05, 3.63) is 54.1 Å². The number of hydrogen-bond acceptors (Lipinski definition) is 4. The minimum absolute atomic E-state index is 0.118. The van der Waals surface area contributed by atoms with Crippen molar-refractivity contribution in [3.63, 3.8) is 0 Å². The summed E-state index contributed by atoms with van der Waals surface area (Å²) in [6.07, 6.45) is 0.998. The van der Waals surface area contributed by atoms with Gasteiger partial charge in [0.15, 0.2) is 0 Å². The molecule has 0 spiro atoms. The zero-order chi connectivity index (χ0) is 20.5. The number of rotatable bonds is 9. The molecule has 6 heteroatoms. The third-order valence-corrected chi connectivity index (χ3v) is 4.58. The first-order valence-electron chi connectivity index (χ1n) is 9.44. The highest BCUT2D eigenvalue weighted by atomic mass is 16.5. The van der Waals surface area contributed by atoms with Crippen molar-refractivity contribution in [2.24, 2.45) is 0 Å². The van der Waals surface area contributed by atoms with Crippen molar-refractivity contribution in [2.75, 3.05) is 37.9 Å². The van der Waals surface area contributed by atoms with Gasteiger partial charge < -0.3 is 15.4 Å². The second-order valence-electron chi connectivity index (χ2n) is 6.89. The monoisotopic (exact) mass is 383 g/mol. The summed E-state index contributed by atoms with van der Waals surface area (Å²) in [5, 5.41) is 5.78. The Labute approximate surface area is 166 Å². The number of likely N-dealkylation sites (N-methyl/N-ethyl adjacent to an activating group) is 1. The van der Waals surface area contributed by atoms with Gasteiger partial charge in [0.1, 0.15) is 5.75 Å². The first-order valence-corrected chi connectivity index (χ1v) is 9.44. The molecule has 0 saturated heterocycles. The molecule has 0 saturated carbocycles. The number of para-hydroxylation sites is 1. The van der Waals surface area contributed by atoms with Crippen molar-refractivity contribution < 1.29 is 14.3 Å². The number of nitrogens with zero attached hydrogens (tertiary/aromatic N) is 1. The Morgan fingerprint density at radius 1 is 1.00 bits per heavy atom. The second kappa shape index (κ2) is 10.5. The van der Waals surface area contributed by atoms with Gasteiger partial charge in [0, 0.05) is 11.4 Å². The van der Waals surface area contributed by atoms with Crippen molar-refractivity contribution in [1.29, 1.82) is 0 Å². The number of carbonyl (C=O) groups excluding carboxylic acids is 2. The third kappa shape index (κ3) is 6.39. The predicted octanol–water partition coefficient (Wildman–Crippen LogP) is 3.72. The van der Waals surface area contributed by atoms with Gasteiger partial charge in [0.05, 0.1) is 20.2 Å². The molecule has 0 bridgehead atoms. The maximum atomic E-state index is 12.4. The Kier molecular flexibility index (Phi) is 8.02. The first-order chi connectivity index (χ1) is 13.4. The first kappa shape index (κ1) is 21.4. The lowest BCUT2D eigenvalue weighted by molar-refractivity contribution is -0.119. The topological polar surface area (TPSA) is 70.7 Å². The molecule has 2 rings (SSSR count). The molecular formula is C22H29N3O3. The molecular weight excluding hydrogens is 354 g/mol. The summed E-state index contributed by atoms with van der Waals surface area (Å²) in [7, 11) is 3.34. The van der Waals surface area contributed by atoms with Crippen LogP contribution in [0.1, 0.15) is 31.7 Å². The summed E-state index contributed by atoms with van der Waals surface area (Å²) in [6.45, 7) is 4.51. The molecule has 0 aliphatic rings. The average Bonchev–Trinajstić information content (AvgIpc) is 2.68. The van der Waals surface area contributed by atoms with Crippen LogP contribution in [0.2, 0.25) is 0 Å². The van der Waals surface area contributed by atoms with E-state index < -0.39 is 0 Å². The zero-order valence-electron chi connectivity index (χ0n) is 17.0. The predicted molar refractivity (Wildman–Crippen MR) is 113 cm³/mol. The number of methoxy groups -OCH3 is 1. The fourth-order valence-electron chi connectivity index (χ4n) is 2.87. The summed E-state index contributed by atoms with van der Waals surface area (Å²) in [5.74, 6) is 0.768. The molecule has 0 heterocycles. The lowest BCUT2D eigenvalue weighted by Crippen LogP contribution is -2.36. The fraction of sp³-hybridized carbons (Fsp3) is 0.364. The third-order valence-electron chi connectivity index (χ3n) is 4.58. The summed E-state index contributed by atoms with van der Waals surface area (Å²) < 4.78 is 5.10. The normalized spacial score (nSPS) is 11.8. The standard InChI is InChI=1S/C22H29N3O3/c1-5-16(2)19-8-6-7-9-20(19)24-22(27)15-25(3)14-21(26)23-17-10-12-18(28-4)13-11-17/h6-13,16H,5,14-15H2,1-4H3,(H,23,26)(H,24,27)/t16-/m1/s1.